The van der Waals surface area contributed by atoms with Gasteiger partial charge in [-0.15, -0.1) is 21.5 Å². The van der Waals surface area contributed by atoms with E-state index in [1.807, 2.05) is 72.3 Å². The van der Waals surface area contributed by atoms with Crippen LogP contribution in [0, 0.1) is 13.8 Å². The number of rotatable bonds is 11. The number of amides is 2. The Balaban J connectivity index is 1.29. The van der Waals surface area contributed by atoms with E-state index in [9.17, 15) is 9.59 Å². The Bertz CT molecular complexity index is 1880. The monoisotopic (exact) mass is 656 g/mol. The third-order valence-electron chi connectivity index (χ3n) is 7.76. The molecular formula is C33H32N6O5S2. The predicted octanol–water partition coefficient (Wildman–Crippen LogP) is 5.96. The van der Waals surface area contributed by atoms with Gasteiger partial charge in [0.25, 0.3) is 11.8 Å². The minimum Gasteiger partial charge on any atom is -0.493 e. The summed E-state index contributed by atoms with van der Waals surface area (Å²) in [5.41, 5.74) is 4.62. The molecule has 236 valence electrons. The highest BCUT2D eigenvalue weighted by Crippen LogP contribution is 2.42. The lowest BCUT2D eigenvalue weighted by molar-refractivity contribution is -0.130. The number of furan rings is 1. The molecule has 0 fully saturated rings. The van der Waals surface area contributed by atoms with Crippen molar-refractivity contribution in [2.75, 3.05) is 20.0 Å². The summed E-state index contributed by atoms with van der Waals surface area (Å²) in [5, 5.41) is 20.6. The molecule has 0 saturated carbocycles. The molecule has 6 rings (SSSR count). The molecule has 4 heterocycles. The first-order chi connectivity index (χ1) is 22.4. The zero-order chi connectivity index (χ0) is 32.2. The Labute approximate surface area is 274 Å². The second kappa shape index (κ2) is 13.6. The van der Waals surface area contributed by atoms with Crippen LogP contribution >= 0.6 is 23.1 Å². The molecule has 0 aliphatic carbocycles. The van der Waals surface area contributed by atoms with Crippen molar-refractivity contribution in [3.63, 3.8) is 0 Å². The summed E-state index contributed by atoms with van der Waals surface area (Å²) < 4.78 is 18.4. The van der Waals surface area contributed by atoms with Gasteiger partial charge in [0.15, 0.2) is 28.2 Å². The number of aromatic nitrogens is 3. The van der Waals surface area contributed by atoms with Crippen LogP contribution in [-0.4, -0.2) is 57.3 Å². The summed E-state index contributed by atoms with van der Waals surface area (Å²) in [6, 6.07) is 18.4. The maximum atomic E-state index is 14.0. The number of hydrazone groups is 1. The number of aryl methyl sites for hydroxylation is 1. The molecule has 0 spiro atoms. The number of nitrogens with one attached hydrogen (secondary N) is 1. The van der Waals surface area contributed by atoms with Gasteiger partial charge in [-0.3, -0.25) is 14.2 Å². The molecule has 1 atom stereocenters. The number of para-hydroxylation sites is 1. The van der Waals surface area contributed by atoms with Crippen molar-refractivity contribution in [1.29, 1.82) is 0 Å². The molecule has 5 aromatic rings. The number of methoxy groups -OCH3 is 2. The number of thioether (sulfide) groups is 1. The number of nitrogens with zero attached hydrogens (tertiary/aromatic N) is 5. The van der Waals surface area contributed by atoms with Gasteiger partial charge in [0.1, 0.15) is 0 Å². The van der Waals surface area contributed by atoms with Crippen molar-refractivity contribution in [2.45, 2.75) is 38.0 Å². The van der Waals surface area contributed by atoms with Crippen LogP contribution in [-0.2, 0) is 11.3 Å². The Morgan fingerprint density at radius 2 is 1.89 bits per heavy atom. The number of benzene rings is 2. The molecule has 11 nitrogen and oxygen atoms in total. The molecule has 1 N–H and O–H groups in total. The molecule has 1 aliphatic heterocycles. The van der Waals surface area contributed by atoms with Crippen LogP contribution in [0.15, 0.2) is 87.0 Å². The smallest absolute Gasteiger partial charge is 0.287 e. The second-order valence-electron chi connectivity index (χ2n) is 10.5. The van der Waals surface area contributed by atoms with Crippen molar-refractivity contribution in [2.24, 2.45) is 5.10 Å². The molecule has 13 heteroatoms. The molecule has 1 aliphatic rings. The molecular weight excluding hydrogens is 625 g/mol. The van der Waals surface area contributed by atoms with Crippen LogP contribution in [0.2, 0.25) is 0 Å². The van der Waals surface area contributed by atoms with Crippen LogP contribution in [0.5, 0.6) is 11.5 Å². The van der Waals surface area contributed by atoms with Gasteiger partial charge in [-0.05, 0) is 60.7 Å². The minimum atomic E-state index is -0.389. The van der Waals surface area contributed by atoms with E-state index in [-0.39, 0.29) is 35.9 Å². The fourth-order valence-corrected chi connectivity index (χ4v) is 6.86. The maximum Gasteiger partial charge on any atom is 0.287 e. The predicted molar refractivity (Wildman–Crippen MR) is 176 cm³/mol. The lowest BCUT2D eigenvalue weighted by atomic mass is 9.99. The Morgan fingerprint density at radius 1 is 1.04 bits per heavy atom. The number of carbonyl (C=O) groups excluding carboxylic acids is 2. The Morgan fingerprint density at radius 3 is 2.63 bits per heavy atom. The first-order valence-electron chi connectivity index (χ1n) is 14.5. The highest BCUT2D eigenvalue weighted by molar-refractivity contribution is 7.99. The largest absolute Gasteiger partial charge is 0.493 e. The molecule has 0 saturated heterocycles. The SMILES string of the molecule is COc1cccc([C@@H]2CC(c3cccs3)=NN2C(=O)CSc2nnc(CNC(=O)c3ccco3)n2-c2cccc(C)c2C)c1OC. The van der Waals surface area contributed by atoms with Crippen LogP contribution in [0.25, 0.3) is 5.69 Å². The zero-order valence-corrected chi connectivity index (χ0v) is 27.4. The molecule has 0 radical (unpaired) electrons. The van der Waals surface area contributed by atoms with Gasteiger partial charge < -0.3 is 19.2 Å². The van der Waals surface area contributed by atoms with Crippen LogP contribution in [0.1, 0.15) is 50.4 Å². The molecule has 0 bridgehead atoms. The van der Waals surface area contributed by atoms with E-state index < -0.39 is 0 Å². The highest BCUT2D eigenvalue weighted by atomic mass is 32.2. The average molecular weight is 657 g/mol. The van der Waals surface area contributed by atoms with E-state index in [2.05, 4.69) is 15.5 Å². The number of thiophene rings is 1. The molecule has 3 aromatic heterocycles. The minimum absolute atomic E-state index is 0.0474. The molecule has 46 heavy (non-hydrogen) atoms. The molecule has 2 amide bonds. The molecule has 2 aromatic carbocycles. The average Bonchev–Trinajstić information content (AvgIpc) is 3.90. The third-order valence-corrected chi connectivity index (χ3v) is 9.59. The van der Waals surface area contributed by atoms with E-state index in [0.29, 0.717) is 28.9 Å². The fourth-order valence-electron chi connectivity index (χ4n) is 5.32. The first-order valence-corrected chi connectivity index (χ1v) is 16.4. The normalized spacial score (nSPS) is 14.3. The van der Waals surface area contributed by atoms with Gasteiger partial charge in [-0.25, -0.2) is 5.01 Å². The Hall–Kier alpha value is -4.88. The van der Waals surface area contributed by atoms with Gasteiger partial charge in [-0.1, -0.05) is 42.1 Å². The van der Waals surface area contributed by atoms with E-state index in [1.54, 1.807) is 42.7 Å². The quantitative estimate of drug-likeness (QED) is 0.173. The second-order valence-corrected chi connectivity index (χ2v) is 12.4. The van der Waals surface area contributed by atoms with Crippen molar-refractivity contribution in [3.05, 3.63) is 105 Å². The maximum absolute atomic E-state index is 14.0. The number of ether oxygens (including phenoxy) is 2. The van der Waals surface area contributed by atoms with Crippen LogP contribution in [0.4, 0.5) is 0 Å². The summed E-state index contributed by atoms with van der Waals surface area (Å²) in [4.78, 5) is 27.6. The van der Waals surface area contributed by atoms with E-state index in [0.717, 1.165) is 33.0 Å². The van der Waals surface area contributed by atoms with Gasteiger partial charge >= 0.3 is 0 Å². The lowest BCUT2D eigenvalue weighted by Crippen LogP contribution is -2.29. The van der Waals surface area contributed by atoms with Crippen molar-refractivity contribution < 1.29 is 23.5 Å². The number of hydrogen-bond donors (Lipinski definition) is 1. The topological polar surface area (TPSA) is 124 Å². The summed E-state index contributed by atoms with van der Waals surface area (Å²) in [7, 11) is 3.18. The van der Waals surface area contributed by atoms with Crippen molar-refractivity contribution >= 4 is 40.6 Å². The van der Waals surface area contributed by atoms with Gasteiger partial charge in [0.05, 0.1) is 55.1 Å². The van der Waals surface area contributed by atoms with E-state index in [1.165, 1.54) is 18.0 Å². The summed E-state index contributed by atoms with van der Waals surface area (Å²) in [6.07, 6.45) is 1.97. The van der Waals surface area contributed by atoms with Gasteiger partial charge in [-0.2, -0.15) is 5.10 Å². The van der Waals surface area contributed by atoms with E-state index >= 15 is 0 Å². The third kappa shape index (κ3) is 6.15. The fraction of sp³-hybridized carbons (Fsp3) is 0.242. The number of carbonyl (C=O) groups is 2. The molecule has 0 unspecified atom stereocenters. The first kappa shape index (κ1) is 31.1. The number of hydrogen-bond acceptors (Lipinski definition) is 10. The standard InChI is InChI=1S/C33H32N6O5S2/c1-20-9-5-11-24(21(20)2)38-29(18-34-32(41)27-13-7-15-44-27)35-36-33(38)46-19-30(40)39-25(17-23(37-39)28-14-8-16-45-28)22-10-6-12-26(42-3)31(22)43-4/h5-16,25H,17-19H2,1-4H3,(H,34,41)/t25-/m0/s1. The van der Waals surface area contributed by atoms with Crippen LogP contribution < -0.4 is 14.8 Å². The van der Waals surface area contributed by atoms with Gasteiger partial charge in [0.2, 0.25) is 0 Å². The summed E-state index contributed by atoms with van der Waals surface area (Å²) in [6.45, 7) is 4.15. The lowest BCUT2D eigenvalue weighted by Gasteiger charge is -2.24. The Kier molecular flexibility index (Phi) is 9.22. The zero-order valence-electron chi connectivity index (χ0n) is 25.7. The van der Waals surface area contributed by atoms with Gasteiger partial charge in [0, 0.05) is 12.0 Å². The van der Waals surface area contributed by atoms with E-state index in [4.69, 9.17) is 19.0 Å². The van der Waals surface area contributed by atoms with Crippen LogP contribution in [0.3, 0.4) is 0 Å². The van der Waals surface area contributed by atoms with Crippen molar-refractivity contribution in [3.8, 4) is 17.2 Å². The highest BCUT2D eigenvalue weighted by Gasteiger charge is 2.36. The summed E-state index contributed by atoms with van der Waals surface area (Å²) >= 11 is 2.84. The summed E-state index contributed by atoms with van der Waals surface area (Å²) in [5.74, 6) is 1.35. The van der Waals surface area contributed by atoms with Crippen molar-refractivity contribution in [1.82, 2.24) is 25.1 Å².